The van der Waals surface area contributed by atoms with Gasteiger partial charge in [-0.1, -0.05) is 13.8 Å². The Hall–Kier alpha value is -0.990. The van der Waals surface area contributed by atoms with E-state index in [1.165, 1.54) is 13.8 Å². The first-order chi connectivity index (χ1) is 8.31. The summed E-state index contributed by atoms with van der Waals surface area (Å²) in [5.41, 5.74) is -0.799. The first kappa shape index (κ1) is 18.0. The number of carbonyl (C=O) groups excluding carboxylic acids is 1. The molecule has 0 aliphatic rings. The molecule has 0 fully saturated rings. The van der Waals surface area contributed by atoms with Gasteiger partial charge in [-0.3, -0.25) is 4.79 Å². The van der Waals surface area contributed by atoms with Crippen molar-refractivity contribution in [2.24, 2.45) is 11.3 Å². The minimum absolute atomic E-state index is 0.135. The lowest BCUT2D eigenvalue weighted by molar-refractivity contribution is -0.274. The summed E-state index contributed by atoms with van der Waals surface area (Å²) in [6.07, 6.45) is -11.2. The van der Waals surface area contributed by atoms with Gasteiger partial charge >= 0.3 is 12.4 Å². The normalized spacial score (nSPS) is 13.8. The molecule has 0 aromatic carbocycles. The van der Waals surface area contributed by atoms with Gasteiger partial charge in [0.15, 0.2) is 0 Å². The predicted molar refractivity (Wildman–Crippen MR) is 54.1 cm³/mol. The molecule has 0 aromatic heterocycles. The molecule has 0 aliphatic carbocycles. The van der Waals surface area contributed by atoms with Crippen molar-refractivity contribution < 1.29 is 36.2 Å². The molecule has 0 spiro atoms. The van der Waals surface area contributed by atoms with Crippen LogP contribution < -0.4 is 5.32 Å². The fourth-order valence-corrected chi connectivity index (χ4v) is 1.30. The Morgan fingerprint density at radius 3 is 1.84 bits per heavy atom. The topological polar surface area (TPSA) is 49.3 Å². The van der Waals surface area contributed by atoms with Gasteiger partial charge in [0.2, 0.25) is 11.8 Å². The summed E-state index contributed by atoms with van der Waals surface area (Å²) in [4.78, 5) is 11.1. The van der Waals surface area contributed by atoms with E-state index in [1.807, 2.05) is 0 Å². The number of aliphatic hydroxyl groups is 1. The number of rotatable bonds is 5. The smallest absolute Gasteiger partial charge is 0.396 e. The summed E-state index contributed by atoms with van der Waals surface area (Å²) in [7, 11) is 0. The first-order valence-electron chi connectivity index (χ1n) is 5.33. The van der Waals surface area contributed by atoms with E-state index in [1.54, 1.807) is 5.32 Å². The standard InChI is InChI=1S/C10H15F6NO2/c1-8(2,3-4-18)5-17-7(19)6(9(11,12)13)10(14,15)16/h6,18H,3-5H2,1-2H3,(H,17,19). The van der Waals surface area contributed by atoms with E-state index in [0.717, 1.165) is 0 Å². The summed E-state index contributed by atoms with van der Waals surface area (Å²) in [6, 6.07) is 0. The highest BCUT2D eigenvalue weighted by atomic mass is 19.4. The number of amides is 1. The van der Waals surface area contributed by atoms with Crippen molar-refractivity contribution >= 4 is 5.91 Å². The molecule has 114 valence electrons. The largest absolute Gasteiger partial charge is 0.409 e. The number of hydrogen-bond donors (Lipinski definition) is 2. The van der Waals surface area contributed by atoms with Crippen LogP contribution in [0.25, 0.3) is 0 Å². The number of carbonyl (C=O) groups is 1. The molecule has 9 heteroatoms. The molecular formula is C10H15F6NO2. The zero-order valence-electron chi connectivity index (χ0n) is 10.3. The molecule has 19 heavy (non-hydrogen) atoms. The highest BCUT2D eigenvalue weighted by Crippen LogP contribution is 2.39. The van der Waals surface area contributed by atoms with Crippen LogP contribution in [0.5, 0.6) is 0 Å². The molecule has 3 nitrogen and oxygen atoms in total. The molecule has 0 atom stereocenters. The third-order valence-corrected chi connectivity index (χ3v) is 2.45. The van der Waals surface area contributed by atoms with Crippen LogP contribution in [-0.2, 0) is 4.79 Å². The average Bonchev–Trinajstić information content (AvgIpc) is 2.10. The van der Waals surface area contributed by atoms with Gasteiger partial charge in [-0.25, -0.2) is 0 Å². The predicted octanol–water partition coefficient (Wildman–Crippen LogP) is 2.25. The van der Waals surface area contributed by atoms with E-state index in [-0.39, 0.29) is 13.0 Å². The van der Waals surface area contributed by atoms with Crippen molar-refractivity contribution in [2.75, 3.05) is 13.2 Å². The minimum atomic E-state index is -5.69. The van der Waals surface area contributed by atoms with Crippen LogP contribution in [0.4, 0.5) is 26.3 Å². The summed E-state index contributed by atoms with van der Waals surface area (Å²) >= 11 is 0. The SMILES string of the molecule is CC(C)(CCO)CNC(=O)C(C(F)(F)F)C(F)(F)F. The second kappa shape index (κ2) is 5.98. The summed E-state index contributed by atoms with van der Waals surface area (Å²) in [6.45, 7) is 2.32. The van der Waals surface area contributed by atoms with E-state index < -0.39 is 36.1 Å². The van der Waals surface area contributed by atoms with E-state index in [2.05, 4.69) is 0 Å². The van der Waals surface area contributed by atoms with E-state index in [0.29, 0.717) is 0 Å². The first-order valence-corrected chi connectivity index (χ1v) is 5.33. The minimum Gasteiger partial charge on any atom is -0.396 e. The van der Waals surface area contributed by atoms with Crippen molar-refractivity contribution in [1.82, 2.24) is 5.32 Å². The maximum absolute atomic E-state index is 12.2. The molecule has 0 unspecified atom stereocenters. The molecule has 0 aliphatic heterocycles. The monoisotopic (exact) mass is 295 g/mol. The number of hydrogen-bond acceptors (Lipinski definition) is 2. The number of alkyl halides is 6. The molecule has 0 radical (unpaired) electrons. The van der Waals surface area contributed by atoms with Crippen molar-refractivity contribution in [3.8, 4) is 0 Å². The fraction of sp³-hybridized carbons (Fsp3) is 0.900. The Morgan fingerprint density at radius 2 is 1.53 bits per heavy atom. The van der Waals surface area contributed by atoms with Crippen LogP contribution in [0.2, 0.25) is 0 Å². The van der Waals surface area contributed by atoms with Crippen molar-refractivity contribution in [3.63, 3.8) is 0 Å². The molecular weight excluding hydrogens is 280 g/mol. The molecule has 0 aromatic rings. The molecule has 0 heterocycles. The molecule has 2 N–H and O–H groups in total. The molecule has 0 rings (SSSR count). The summed E-state index contributed by atoms with van der Waals surface area (Å²) in [5, 5.41) is 10.3. The Balaban J connectivity index is 4.79. The van der Waals surface area contributed by atoms with Crippen LogP contribution in [0, 0.1) is 11.3 Å². The zero-order chi connectivity index (χ0) is 15.5. The van der Waals surface area contributed by atoms with Gasteiger partial charge in [0.25, 0.3) is 0 Å². The number of nitrogens with one attached hydrogen (secondary N) is 1. The van der Waals surface area contributed by atoms with Crippen molar-refractivity contribution in [2.45, 2.75) is 32.6 Å². The Kier molecular flexibility index (Phi) is 5.66. The third-order valence-electron chi connectivity index (χ3n) is 2.45. The van der Waals surface area contributed by atoms with Crippen LogP contribution >= 0.6 is 0 Å². The molecule has 1 amide bonds. The Bertz CT molecular complexity index is 296. The second-order valence-electron chi connectivity index (χ2n) is 4.87. The molecule has 0 bridgehead atoms. The van der Waals surface area contributed by atoms with E-state index in [9.17, 15) is 31.1 Å². The number of halogens is 6. The van der Waals surface area contributed by atoms with Gasteiger partial charge in [0.1, 0.15) is 0 Å². The van der Waals surface area contributed by atoms with E-state index >= 15 is 0 Å². The van der Waals surface area contributed by atoms with Gasteiger partial charge in [-0.05, 0) is 11.8 Å². The maximum Gasteiger partial charge on any atom is 0.409 e. The highest BCUT2D eigenvalue weighted by molar-refractivity contribution is 5.80. The van der Waals surface area contributed by atoms with Gasteiger partial charge in [0.05, 0.1) is 0 Å². The second-order valence-corrected chi connectivity index (χ2v) is 4.87. The quantitative estimate of drug-likeness (QED) is 0.764. The highest BCUT2D eigenvalue weighted by Gasteiger charge is 2.61. The third kappa shape index (κ3) is 6.13. The van der Waals surface area contributed by atoms with E-state index in [4.69, 9.17) is 5.11 Å². The van der Waals surface area contributed by atoms with Gasteiger partial charge in [0, 0.05) is 13.2 Å². The van der Waals surface area contributed by atoms with Crippen LogP contribution in [-0.4, -0.2) is 36.5 Å². The lowest BCUT2D eigenvalue weighted by atomic mass is 9.89. The van der Waals surface area contributed by atoms with Gasteiger partial charge < -0.3 is 10.4 Å². The summed E-state index contributed by atoms with van der Waals surface area (Å²) in [5.74, 6) is -6.17. The lowest BCUT2D eigenvalue weighted by Gasteiger charge is -2.27. The fourth-order valence-electron chi connectivity index (χ4n) is 1.30. The Morgan fingerprint density at radius 1 is 1.11 bits per heavy atom. The van der Waals surface area contributed by atoms with Gasteiger partial charge in [-0.15, -0.1) is 0 Å². The van der Waals surface area contributed by atoms with Crippen molar-refractivity contribution in [3.05, 3.63) is 0 Å². The molecule has 0 saturated heterocycles. The van der Waals surface area contributed by atoms with Crippen molar-refractivity contribution in [1.29, 1.82) is 0 Å². The van der Waals surface area contributed by atoms with Crippen LogP contribution in [0.3, 0.4) is 0 Å². The summed E-state index contributed by atoms with van der Waals surface area (Å²) < 4.78 is 73.3. The Labute approximate surface area is 106 Å². The van der Waals surface area contributed by atoms with Crippen LogP contribution in [0.1, 0.15) is 20.3 Å². The maximum atomic E-state index is 12.2. The average molecular weight is 295 g/mol. The van der Waals surface area contributed by atoms with Crippen LogP contribution in [0.15, 0.2) is 0 Å². The zero-order valence-corrected chi connectivity index (χ0v) is 10.3. The molecule has 0 saturated carbocycles. The lowest BCUT2D eigenvalue weighted by Crippen LogP contribution is -2.49. The van der Waals surface area contributed by atoms with Gasteiger partial charge in [-0.2, -0.15) is 26.3 Å². The number of aliphatic hydroxyl groups excluding tert-OH is 1.